The number of esters is 3. The van der Waals surface area contributed by atoms with Crippen molar-refractivity contribution in [1.82, 2.24) is 0 Å². The molecule has 8 heteroatoms. The van der Waals surface area contributed by atoms with Crippen LogP contribution in [-0.2, 0) is 28.6 Å². The molecule has 1 saturated heterocycles. The lowest BCUT2D eigenvalue weighted by Crippen LogP contribution is -2.47. The van der Waals surface area contributed by atoms with Gasteiger partial charge in [-0.2, -0.15) is 8.78 Å². The molecule has 3 saturated carbocycles. The normalized spacial score (nSPS) is 38.2. The summed E-state index contributed by atoms with van der Waals surface area (Å²) in [4.78, 5) is 37.2. The summed E-state index contributed by atoms with van der Waals surface area (Å²) in [7, 11) is 0. The minimum Gasteiger partial charge on any atom is -0.459 e. The predicted molar refractivity (Wildman–Crippen MR) is 90.9 cm³/mol. The summed E-state index contributed by atoms with van der Waals surface area (Å²) in [6.07, 6.45) is 6.00. The molecule has 0 amide bonds. The van der Waals surface area contributed by atoms with E-state index in [2.05, 4.69) is 0 Å². The van der Waals surface area contributed by atoms with Gasteiger partial charge in [-0.3, -0.25) is 9.59 Å². The predicted octanol–water partition coefficient (Wildman–Crippen LogP) is 3.37. The highest BCUT2D eigenvalue weighted by atomic mass is 19.3. The summed E-state index contributed by atoms with van der Waals surface area (Å²) in [5, 5.41) is 0. The van der Waals surface area contributed by atoms with Crippen LogP contribution in [0.1, 0.15) is 65.2 Å². The van der Waals surface area contributed by atoms with Gasteiger partial charge in [0.05, 0.1) is 17.8 Å². The Morgan fingerprint density at radius 2 is 1.89 bits per heavy atom. The van der Waals surface area contributed by atoms with Gasteiger partial charge in [-0.25, -0.2) is 4.79 Å². The lowest BCUT2D eigenvalue weighted by molar-refractivity contribution is -0.238. The number of fused-ring (bicyclic) bond motifs is 1. The van der Waals surface area contributed by atoms with E-state index >= 15 is 0 Å². The molecule has 6 nitrogen and oxygen atoms in total. The van der Waals surface area contributed by atoms with Gasteiger partial charge in [0.15, 0.2) is 0 Å². The van der Waals surface area contributed by atoms with E-state index in [1.807, 2.05) is 6.92 Å². The fourth-order valence-electron chi connectivity index (χ4n) is 5.74. The first-order valence-corrected chi connectivity index (χ1v) is 10.2. The van der Waals surface area contributed by atoms with Crippen LogP contribution >= 0.6 is 0 Å². The van der Waals surface area contributed by atoms with Gasteiger partial charge in [-0.1, -0.05) is 13.3 Å². The summed E-state index contributed by atoms with van der Waals surface area (Å²) in [5.41, 5.74) is -0.479. The molecule has 156 valence electrons. The molecule has 5 atom stereocenters. The van der Waals surface area contributed by atoms with Gasteiger partial charge in [-0.05, 0) is 44.4 Å². The van der Waals surface area contributed by atoms with Crippen LogP contribution in [0.2, 0.25) is 0 Å². The summed E-state index contributed by atoms with van der Waals surface area (Å²) >= 11 is 0. The van der Waals surface area contributed by atoms with Crippen LogP contribution in [0.25, 0.3) is 0 Å². The minimum atomic E-state index is -3.67. The summed E-state index contributed by atoms with van der Waals surface area (Å²) in [5.74, 6) is -10.4. The molecule has 4 rings (SSSR count). The Hall–Kier alpha value is -1.73. The van der Waals surface area contributed by atoms with Crippen molar-refractivity contribution in [3.05, 3.63) is 0 Å². The number of hydrogen-bond acceptors (Lipinski definition) is 6. The molecule has 3 aliphatic carbocycles. The smallest absolute Gasteiger partial charge is 0.379 e. The highest BCUT2D eigenvalue weighted by Gasteiger charge is 2.74. The molecule has 4 aliphatic rings. The molecule has 1 aliphatic heterocycles. The molecule has 0 radical (unpaired) electrons. The van der Waals surface area contributed by atoms with Crippen LogP contribution in [-0.4, -0.2) is 35.2 Å². The Labute approximate surface area is 162 Å². The van der Waals surface area contributed by atoms with Crippen LogP contribution in [0.15, 0.2) is 0 Å². The van der Waals surface area contributed by atoms with Crippen molar-refractivity contribution < 1.29 is 37.4 Å². The first kappa shape index (κ1) is 19.6. The standard InChI is InChI=1S/C20H26F2O6/c1-3-19(7-5-4-6-8-19)26-15(23)13-11-9-12-14(13)16(24)27-20(12,10-11)28-17(25)18(2,21)22/h11-14H,3-10H2,1-2H3. The number of alkyl halides is 2. The second-order valence-corrected chi connectivity index (χ2v) is 8.89. The van der Waals surface area contributed by atoms with Crippen LogP contribution < -0.4 is 0 Å². The van der Waals surface area contributed by atoms with E-state index in [1.165, 1.54) is 0 Å². The molecule has 0 spiro atoms. The van der Waals surface area contributed by atoms with Crippen molar-refractivity contribution in [1.29, 1.82) is 0 Å². The van der Waals surface area contributed by atoms with Crippen molar-refractivity contribution in [3.8, 4) is 0 Å². The largest absolute Gasteiger partial charge is 0.459 e. The number of ether oxygens (including phenoxy) is 3. The van der Waals surface area contributed by atoms with Crippen molar-refractivity contribution in [3.63, 3.8) is 0 Å². The second-order valence-electron chi connectivity index (χ2n) is 8.89. The van der Waals surface area contributed by atoms with E-state index in [0.717, 1.165) is 38.5 Å². The number of carbonyl (C=O) groups is 3. The Bertz CT molecular complexity index is 695. The molecule has 5 unspecified atom stereocenters. The zero-order valence-corrected chi connectivity index (χ0v) is 16.2. The molecule has 1 heterocycles. The van der Waals surface area contributed by atoms with Crippen molar-refractivity contribution in [2.45, 2.75) is 82.5 Å². The topological polar surface area (TPSA) is 78.9 Å². The molecule has 0 aromatic carbocycles. The lowest BCUT2D eigenvalue weighted by atomic mass is 9.77. The highest BCUT2D eigenvalue weighted by Crippen LogP contribution is 2.64. The number of hydrogen-bond donors (Lipinski definition) is 0. The maximum Gasteiger partial charge on any atom is 0.379 e. The minimum absolute atomic E-state index is 0.0701. The maximum absolute atomic E-state index is 13.3. The first-order valence-electron chi connectivity index (χ1n) is 10.2. The van der Waals surface area contributed by atoms with Crippen LogP contribution in [0, 0.1) is 23.7 Å². The average molecular weight is 400 g/mol. The van der Waals surface area contributed by atoms with Gasteiger partial charge in [0.2, 0.25) is 0 Å². The van der Waals surface area contributed by atoms with E-state index < -0.39 is 53.0 Å². The summed E-state index contributed by atoms with van der Waals surface area (Å²) in [6.45, 7) is 2.45. The number of carbonyl (C=O) groups excluding carboxylic acids is 3. The van der Waals surface area contributed by atoms with Crippen LogP contribution in [0.3, 0.4) is 0 Å². The maximum atomic E-state index is 13.3. The quantitative estimate of drug-likeness (QED) is 0.659. The van der Waals surface area contributed by atoms with Crippen LogP contribution in [0.5, 0.6) is 0 Å². The molecule has 4 fully saturated rings. The lowest BCUT2D eigenvalue weighted by Gasteiger charge is -2.38. The van der Waals surface area contributed by atoms with Gasteiger partial charge in [0.25, 0.3) is 5.79 Å². The van der Waals surface area contributed by atoms with Gasteiger partial charge >= 0.3 is 23.8 Å². The van der Waals surface area contributed by atoms with Gasteiger partial charge in [0.1, 0.15) is 5.60 Å². The molecule has 0 aromatic heterocycles. The average Bonchev–Trinajstić information content (AvgIpc) is 3.21. The van der Waals surface area contributed by atoms with E-state index in [4.69, 9.17) is 14.2 Å². The SMILES string of the molecule is CCC1(OC(=O)C2C3CC4C2C(=O)OC4(OC(=O)C(C)(F)F)C3)CCCCC1. The third-order valence-corrected chi connectivity index (χ3v) is 7.16. The van der Waals surface area contributed by atoms with Crippen LogP contribution in [0.4, 0.5) is 8.78 Å². The highest BCUT2D eigenvalue weighted by molar-refractivity contribution is 5.87. The monoisotopic (exact) mass is 400 g/mol. The van der Waals surface area contributed by atoms with Crippen molar-refractivity contribution >= 4 is 17.9 Å². The zero-order valence-electron chi connectivity index (χ0n) is 16.2. The van der Waals surface area contributed by atoms with Crippen molar-refractivity contribution in [2.75, 3.05) is 0 Å². The number of halogens is 2. The zero-order chi connectivity index (χ0) is 20.3. The molecule has 0 aromatic rings. The molecule has 0 N–H and O–H groups in total. The summed E-state index contributed by atoms with van der Waals surface area (Å²) in [6, 6.07) is 0. The Morgan fingerprint density at radius 3 is 2.50 bits per heavy atom. The Morgan fingerprint density at radius 1 is 1.21 bits per heavy atom. The third kappa shape index (κ3) is 2.90. The fraction of sp³-hybridized carbons (Fsp3) is 0.850. The first-order chi connectivity index (χ1) is 13.1. The van der Waals surface area contributed by atoms with Gasteiger partial charge in [-0.15, -0.1) is 0 Å². The molecular formula is C20H26F2O6. The Balaban J connectivity index is 1.51. The number of rotatable bonds is 5. The van der Waals surface area contributed by atoms with Crippen molar-refractivity contribution in [2.24, 2.45) is 23.7 Å². The summed E-state index contributed by atoms with van der Waals surface area (Å²) < 4.78 is 42.8. The Kier molecular flexibility index (Phi) is 4.47. The van der Waals surface area contributed by atoms with Gasteiger partial charge in [0, 0.05) is 13.3 Å². The molecule has 2 bridgehead atoms. The van der Waals surface area contributed by atoms with E-state index in [9.17, 15) is 23.2 Å². The fourth-order valence-corrected chi connectivity index (χ4v) is 5.74. The van der Waals surface area contributed by atoms with E-state index in [0.29, 0.717) is 13.3 Å². The third-order valence-electron chi connectivity index (χ3n) is 7.16. The van der Waals surface area contributed by atoms with Gasteiger partial charge < -0.3 is 14.2 Å². The molecule has 28 heavy (non-hydrogen) atoms. The second kappa shape index (κ2) is 6.39. The van der Waals surface area contributed by atoms with E-state index in [-0.39, 0.29) is 12.3 Å². The van der Waals surface area contributed by atoms with E-state index in [1.54, 1.807) is 0 Å². The molecular weight excluding hydrogens is 374 g/mol.